The lowest BCUT2D eigenvalue weighted by Crippen LogP contribution is -2.19. The molecule has 11 heavy (non-hydrogen) atoms. The smallest absolute Gasteiger partial charge is 0.138 e. The van der Waals surface area contributed by atoms with Crippen LogP contribution in [-0.2, 0) is 4.79 Å². The average Bonchev–Trinajstić information content (AvgIpc) is 1.86. The molecule has 0 aromatic heterocycles. The molecule has 0 atom stereocenters. The molecule has 0 amide bonds. The molecule has 0 heterocycles. The second-order valence-electron chi connectivity index (χ2n) is 3.82. The van der Waals surface area contributed by atoms with Crippen LogP contribution in [0.1, 0.15) is 40.0 Å². The largest absolute Gasteiger partial charge is 0.299 e. The van der Waals surface area contributed by atoms with Crippen molar-refractivity contribution in [1.82, 2.24) is 0 Å². The van der Waals surface area contributed by atoms with Gasteiger partial charge in [0, 0.05) is 17.7 Å². The van der Waals surface area contributed by atoms with Gasteiger partial charge in [-0.15, -0.1) is 11.6 Å². The first kappa shape index (κ1) is 11.0. The Labute approximate surface area is 74.1 Å². The van der Waals surface area contributed by atoms with Gasteiger partial charge in [0.25, 0.3) is 0 Å². The van der Waals surface area contributed by atoms with Gasteiger partial charge in [0.05, 0.1) is 0 Å². The van der Waals surface area contributed by atoms with Gasteiger partial charge in [-0.1, -0.05) is 20.8 Å². The van der Waals surface area contributed by atoms with Crippen molar-refractivity contribution in [3.63, 3.8) is 0 Å². The molecule has 0 aliphatic rings. The quantitative estimate of drug-likeness (QED) is 0.476. The highest BCUT2D eigenvalue weighted by atomic mass is 35.5. The van der Waals surface area contributed by atoms with E-state index in [1.54, 1.807) is 0 Å². The number of ketones is 1. The Bertz CT molecular complexity index is 124. The van der Waals surface area contributed by atoms with E-state index in [1.807, 2.05) is 20.8 Å². The number of Topliss-reactive ketones (excluding diaryl/α,β-unsaturated/α-hetero) is 1. The molecular weight excluding hydrogens is 160 g/mol. The van der Waals surface area contributed by atoms with Crippen molar-refractivity contribution in [3.05, 3.63) is 0 Å². The van der Waals surface area contributed by atoms with E-state index in [-0.39, 0.29) is 5.41 Å². The first-order valence-electron chi connectivity index (χ1n) is 4.07. The molecule has 0 rings (SSSR count). The van der Waals surface area contributed by atoms with Gasteiger partial charge < -0.3 is 0 Å². The fourth-order valence-electron chi connectivity index (χ4n) is 0.755. The van der Waals surface area contributed by atoms with Gasteiger partial charge in [0.2, 0.25) is 0 Å². The zero-order chi connectivity index (χ0) is 8.91. The zero-order valence-electron chi connectivity index (χ0n) is 7.61. The van der Waals surface area contributed by atoms with Gasteiger partial charge in [-0.05, 0) is 12.8 Å². The molecule has 0 N–H and O–H groups in total. The average molecular weight is 177 g/mol. The van der Waals surface area contributed by atoms with Crippen LogP contribution in [-0.4, -0.2) is 11.7 Å². The highest BCUT2D eigenvalue weighted by Gasteiger charge is 2.19. The lowest BCUT2D eigenvalue weighted by Gasteiger charge is -2.15. The number of hydrogen-bond donors (Lipinski definition) is 0. The summed E-state index contributed by atoms with van der Waals surface area (Å²) in [6, 6.07) is 0. The summed E-state index contributed by atoms with van der Waals surface area (Å²) in [5.74, 6) is 1.000. The summed E-state index contributed by atoms with van der Waals surface area (Å²) >= 11 is 5.49. The maximum atomic E-state index is 11.3. The summed E-state index contributed by atoms with van der Waals surface area (Å²) < 4.78 is 0. The molecule has 0 saturated heterocycles. The van der Waals surface area contributed by atoms with Crippen molar-refractivity contribution in [2.45, 2.75) is 40.0 Å². The predicted molar refractivity (Wildman–Crippen MR) is 49.0 cm³/mol. The topological polar surface area (TPSA) is 17.1 Å². The predicted octanol–water partition coefficient (Wildman–Crippen LogP) is 3.01. The standard InChI is InChI=1S/C9H17ClO/c1-9(2,3)8(11)6-4-5-7-10/h4-7H2,1-3H3. The van der Waals surface area contributed by atoms with E-state index in [0.29, 0.717) is 18.1 Å². The molecule has 0 unspecified atom stereocenters. The number of halogens is 1. The zero-order valence-corrected chi connectivity index (χ0v) is 8.37. The minimum absolute atomic E-state index is 0.174. The van der Waals surface area contributed by atoms with Crippen LogP contribution >= 0.6 is 11.6 Å². The molecule has 0 aromatic rings. The normalized spacial score (nSPS) is 11.6. The Balaban J connectivity index is 3.54. The number of carbonyl (C=O) groups is 1. The maximum Gasteiger partial charge on any atom is 0.138 e. The van der Waals surface area contributed by atoms with Crippen molar-refractivity contribution in [2.24, 2.45) is 5.41 Å². The molecule has 0 aliphatic carbocycles. The van der Waals surface area contributed by atoms with Gasteiger partial charge in [-0.2, -0.15) is 0 Å². The summed E-state index contributed by atoms with van der Waals surface area (Å²) in [5, 5.41) is 0. The van der Waals surface area contributed by atoms with Crippen LogP contribution in [0.2, 0.25) is 0 Å². The van der Waals surface area contributed by atoms with Crippen LogP contribution in [0.5, 0.6) is 0 Å². The molecule has 0 saturated carbocycles. The highest BCUT2D eigenvalue weighted by Crippen LogP contribution is 2.18. The van der Waals surface area contributed by atoms with Crippen LogP contribution in [0.15, 0.2) is 0 Å². The molecular formula is C9H17ClO. The van der Waals surface area contributed by atoms with E-state index < -0.39 is 0 Å². The molecule has 1 nitrogen and oxygen atoms in total. The van der Waals surface area contributed by atoms with Gasteiger partial charge in [-0.3, -0.25) is 4.79 Å². The third kappa shape index (κ3) is 5.25. The second-order valence-corrected chi connectivity index (χ2v) is 4.20. The fraction of sp³-hybridized carbons (Fsp3) is 0.889. The van der Waals surface area contributed by atoms with Crippen molar-refractivity contribution in [2.75, 3.05) is 5.88 Å². The van der Waals surface area contributed by atoms with E-state index in [0.717, 1.165) is 12.8 Å². The first-order chi connectivity index (χ1) is 4.98. The Hall–Kier alpha value is -0.0400. The van der Waals surface area contributed by atoms with Gasteiger partial charge in [-0.25, -0.2) is 0 Å². The SMILES string of the molecule is CC(C)(C)C(=O)CCCCCl. The van der Waals surface area contributed by atoms with E-state index in [2.05, 4.69) is 0 Å². The number of unbranched alkanes of at least 4 members (excludes halogenated alkanes) is 1. The number of hydrogen-bond acceptors (Lipinski definition) is 1. The second kappa shape index (κ2) is 4.76. The van der Waals surface area contributed by atoms with Crippen LogP contribution < -0.4 is 0 Å². The molecule has 0 spiro atoms. The minimum atomic E-state index is -0.174. The number of alkyl halides is 1. The van der Waals surface area contributed by atoms with Crippen LogP contribution in [0, 0.1) is 5.41 Å². The fourth-order valence-corrected chi connectivity index (χ4v) is 0.944. The molecule has 0 aliphatic heterocycles. The number of rotatable bonds is 4. The lowest BCUT2D eigenvalue weighted by molar-refractivity contribution is -0.126. The minimum Gasteiger partial charge on any atom is -0.299 e. The molecule has 0 aromatic carbocycles. The van der Waals surface area contributed by atoms with Crippen molar-refractivity contribution >= 4 is 17.4 Å². The maximum absolute atomic E-state index is 11.3. The van der Waals surface area contributed by atoms with Gasteiger partial charge >= 0.3 is 0 Å². The van der Waals surface area contributed by atoms with E-state index in [9.17, 15) is 4.79 Å². The molecule has 2 heteroatoms. The van der Waals surface area contributed by atoms with Gasteiger partial charge in [0.15, 0.2) is 0 Å². The third-order valence-corrected chi connectivity index (χ3v) is 1.89. The van der Waals surface area contributed by atoms with Crippen LogP contribution in [0.4, 0.5) is 0 Å². The Morgan fingerprint density at radius 1 is 1.27 bits per heavy atom. The van der Waals surface area contributed by atoms with E-state index >= 15 is 0 Å². The third-order valence-electron chi connectivity index (χ3n) is 1.62. The highest BCUT2D eigenvalue weighted by molar-refractivity contribution is 6.17. The summed E-state index contributed by atoms with van der Waals surface area (Å²) in [6.45, 7) is 5.86. The molecule has 0 fully saturated rings. The Morgan fingerprint density at radius 2 is 1.82 bits per heavy atom. The summed E-state index contributed by atoms with van der Waals surface area (Å²) in [5.41, 5.74) is -0.174. The first-order valence-corrected chi connectivity index (χ1v) is 4.61. The van der Waals surface area contributed by atoms with Crippen LogP contribution in [0.25, 0.3) is 0 Å². The summed E-state index contributed by atoms with van der Waals surface area (Å²) in [6.07, 6.45) is 2.55. The van der Waals surface area contributed by atoms with Crippen molar-refractivity contribution < 1.29 is 4.79 Å². The van der Waals surface area contributed by atoms with Crippen molar-refractivity contribution in [1.29, 1.82) is 0 Å². The Morgan fingerprint density at radius 3 is 2.18 bits per heavy atom. The Kier molecular flexibility index (Phi) is 4.74. The molecule has 0 bridgehead atoms. The lowest BCUT2D eigenvalue weighted by atomic mass is 9.88. The molecule has 0 radical (unpaired) electrons. The summed E-state index contributed by atoms with van der Waals surface area (Å²) in [7, 11) is 0. The molecule has 66 valence electrons. The van der Waals surface area contributed by atoms with E-state index in [1.165, 1.54) is 0 Å². The monoisotopic (exact) mass is 176 g/mol. The summed E-state index contributed by atoms with van der Waals surface area (Å²) in [4.78, 5) is 11.3. The number of carbonyl (C=O) groups excluding carboxylic acids is 1. The van der Waals surface area contributed by atoms with Crippen LogP contribution in [0.3, 0.4) is 0 Å². The van der Waals surface area contributed by atoms with Crippen molar-refractivity contribution in [3.8, 4) is 0 Å². The van der Waals surface area contributed by atoms with Gasteiger partial charge in [0.1, 0.15) is 5.78 Å². The van der Waals surface area contributed by atoms with E-state index in [4.69, 9.17) is 11.6 Å².